The molecule has 0 saturated carbocycles. The molecule has 2 nitrogen and oxygen atoms in total. The molecule has 1 aromatic heterocycles. The van der Waals surface area contributed by atoms with Crippen molar-refractivity contribution in [2.45, 2.75) is 12.3 Å². The second-order valence-corrected chi connectivity index (χ2v) is 4.55. The third kappa shape index (κ3) is 2.25. The molecule has 0 N–H and O–H groups in total. The molecule has 1 heterocycles. The van der Waals surface area contributed by atoms with Crippen LogP contribution in [0.1, 0.15) is 17.9 Å². The minimum absolute atomic E-state index is 0.150. The van der Waals surface area contributed by atoms with E-state index >= 15 is 0 Å². The number of thiophene rings is 1. The van der Waals surface area contributed by atoms with E-state index in [0.717, 1.165) is 12.0 Å². The summed E-state index contributed by atoms with van der Waals surface area (Å²) in [6.45, 7) is 0. The Balaban J connectivity index is 2.24. The molecule has 0 saturated heterocycles. The van der Waals surface area contributed by atoms with Gasteiger partial charge in [0.2, 0.25) is 0 Å². The second kappa shape index (κ2) is 5.12. The van der Waals surface area contributed by atoms with E-state index in [1.165, 1.54) is 7.11 Å². The smallest absolute Gasteiger partial charge is 0.313 e. The zero-order valence-electron chi connectivity index (χ0n) is 9.13. The van der Waals surface area contributed by atoms with Crippen molar-refractivity contribution in [2.75, 3.05) is 7.11 Å². The van der Waals surface area contributed by atoms with Crippen LogP contribution in [-0.4, -0.2) is 13.1 Å². The standard InChI is InChI=1S/C13H14O2S/c1-15-13(14)12(11-7-8-16-9-11)10-5-3-2-4-6-10/h2-5,7-10,12H,6H2,1H3/t10?,12-/m1/s1. The number of carbonyl (C=O) groups excluding carboxylic acids is 1. The number of methoxy groups -OCH3 is 1. The summed E-state index contributed by atoms with van der Waals surface area (Å²) in [6, 6.07) is 2.00. The summed E-state index contributed by atoms with van der Waals surface area (Å²) < 4.78 is 4.90. The molecule has 0 radical (unpaired) electrons. The number of hydrogen-bond donors (Lipinski definition) is 0. The second-order valence-electron chi connectivity index (χ2n) is 3.77. The molecule has 2 rings (SSSR count). The SMILES string of the molecule is COC(=O)[C@@H](c1ccsc1)C1C=CC=CC1. The van der Waals surface area contributed by atoms with Crippen LogP contribution in [0.3, 0.4) is 0 Å². The van der Waals surface area contributed by atoms with Gasteiger partial charge in [-0.15, -0.1) is 0 Å². The van der Waals surface area contributed by atoms with E-state index in [1.54, 1.807) is 11.3 Å². The van der Waals surface area contributed by atoms with Crippen molar-refractivity contribution in [3.05, 3.63) is 46.7 Å². The molecule has 1 aliphatic rings. The molecule has 0 aliphatic heterocycles. The molecular weight excluding hydrogens is 220 g/mol. The molecular formula is C13H14O2S. The van der Waals surface area contributed by atoms with Gasteiger partial charge in [-0.05, 0) is 34.7 Å². The van der Waals surface area contributed by atoms with Gasteiger partial charge in [0, 0.05) is 0 Å². The van der Waals surface area contributed by atoms with Crippen LogP contribution in [0.5, 0.6) is 0 Å². The maximum atomic E-state index is 11.8. The van der Waals surface area contributed by atoms with Gasteiger partial charge in [-0.25, -0.2) is 0 Å². The van der Waals surface area contributed by atoms with Crippen LogP contribution in [0.15, 0.2) is 41.1 Å². The monoisotopic (exact) mass is 234 g/mol. The van der Waals surface area contributed by atoms with E-state index in [-0.39, 0.29) is 17.8 Å². The quantitative estimate of drug-likeness (QED) is 0.751. The van der Waals surface area contributed by atoms with Crippen LogP contribution < -0.4 is 0 Å². The van der Waals surface area contributed by atoms with Gasteiger partial charge >= 0.3 is 5.97 Å². The Morgan fingerprint density at radius 3 is 3.00 bits per heavy atom. The number of rotatable bonds is 3. The first-order chi connectivity index (χ1) is 7.83. The lowest BCUT2D eigenvalue weighted by Crippen LogP contribution is -2.21. The summed E-state index contributed by atoms with van der Waals surface area (Å²) in [6.07, 6.45) is 9.08. The van der Waals surface area contributed by atoms with Crippen molar-refractivity contribution < 1.29 is 9.53 Å². The first-order valence-electron chi connectivity index (χ1n) is 5.26. The van der Waals surface area contributed by atoms with Crippen molar-refractivity contribution in [3.63, 3.8) is 0 Å². The number of esters is 1. The molecule has 1 unspecified atom stereocenters. The maximum Gasteiger partial charge on any atom is 0.313 e. The Hall–Kier alpha value is -1.35. The van der Waals surface area contributed by atoms with E-state index in [9.17, 15) is 4.79 Å². The van der Waals surface area contributed by atoms with Crippen LogP contribution in [0.4, 0.5) is 0 Å². The number of allylic oxidation sites excluding steroid dienone is 4. The van der Waals surface area contributed by atoms with Crippen molar-refractivity contribution >= 4 is 17.3 Å². The van der Waals surface area contributed by atoms with Gasteiger partial charge in [-0.2, -0.15) is 11.3 Å². The van der Waals surface area contributed by atoms with Crippen LogP contribution >= 0.6 is 11.3 Å². The third-order valence-corrected chi connectivity index (χ3v) is 3.50. The summed E-state index contributed by atoms with van der Waals surface area (Å²) >= 11 is 1.61. The highest BCUT2D eigenvalue weighted by Crippen LogP contribution is 2.32. The molecule has 0 spiro atoms. The van der Waals surface area contributed by atoms with E-state index in [2.05, 4.69) is 12.2 Å². The Kier molecular flexibility index (Phi) is 3.57. The summed E-state index contributed by atoms with van der Waals surface area (Å²) in [5, 5.41) is 4.02. The molecule has 16 heavy (non-hydrogen) atoms. The predicted octanol–water partition coefficient (Wildman–Crippen LogP) is 3.14. The number of hydrogen-bond acceptors (Lipinski definition) is 3. The van der Waals surface area contributed by atoms with Gasteiger partial charge in [0.15, 0.2) is 0 Å². The fourth-order valence-electron chi connectivity index (χ4n) is 1.98. The van der Waals surface area contributed by atoms with Gasteiger partial charge in [-0.3, -0.25) is 4.79 Å². The van der Waals surface area contributed by atoms with Crippen molar-refractivity contribution in [2.24, 2.45) is 5.92 Å². The lowest BCUT2D eigenvalue weighted by Gasteiger charge is -2.22. The Labute approximate surface area is 99.2 Å². The molecule has 2 atom stereocenters. The van der Waals surface area contributed by atoms with Gasteiger partial charge in [0.25, 0.3) is 0 Å². The van der Waals surface area contributed by atoms with Crippen LogP contribution in [0, 0.1) is 5.92 Å². The van der Waals surface area contributed by atoms with Crippen LogP contribution in [0.2, 0.25) is 0 Å². The normalized spacial score (nSPS) is 20.7. The average molecular weight is 234 g/mol. The predicted molar refractivity (Wildman–Crippen MR) is 65.5 cm³/mol. The lowest BCUT2D eigenvalue weighted by atomic mass is 9.83. The highest BCUT2D eigenvalue weighted by Gasteiger charge is 2.29. The zero-order valence-corrected chi connectivity index (χ0v) is 9.94. The largest absolute Gasteiger partial charge is 0.469 e. The number of ether oxygens (including phenoxy) is 1. The van der Waals surface area contributed by atoms with Crippen molar-refractivity contribution in [1.29, 1.82) is 0 Å². The van der Waals surface area contributed by atoms with Crippen molar-refractivity contribution in [1.82, 2.24) is 0 Å². The summed E-state index contributed by atoms with van der Waals surface area (Å²) in [5.74, 6) is -0.104. The number of carbonyl (C=O) groups is 1. The summed E-state index contributed by atoms with van der Waals surface area (Å²) in [5.41, 5.74) is 1.06. The fraction of sp³-hybridized carbons (Fsp3) is 0.308. The first kappa shape index (κ1) is 11.1. The van der Waals surface area contributed by atoms with Gasteiger partial charge in [0.05, 0.1) is 13.0 Å². The Bertz CT molecular complexity index is 404. The topological polar surface area (TPSA) is 26.3 Å². The van der Waals surface area contributed by atoms with E-state index in [1.807, 2.05) is 29.0 Å². The molecule has 0 aromatic carbocycles. The molecule has 3 heteroatoms. The Morgan fingerprint density at radius 1 is 1.56 bits per heavy atom. The maximum absolute atomic E-state index is 11.8. The molecule has 0 amide bonds. The van der Waals surface area contributed by atoms with Crippen molar-refractivity contribution in [3.8, 4) is 0 Å². The highest BCUT2D eigenvalue weighted by atomic mass is 32.1. The minimum Gasteiger partial charge on any atom is -0.469 e. The van der Waals surface area contributed by atoms with Gasteiger partial charge < -0.3 is 4.74 Å². The van der Waals surface area contributed by atoms with Gasteiger partial charge in [0.1, 0.15) is 0 Å². The molecule has 84 valence electrons. The average Bonchev–Trinajstić information content (AvgIpc) is 2.84. The Morgan fingerprint density at radius 2 is 2.44 bits per heavy atom. The van der Waals surface area contributed by atoms with E-state index < -0.39 is 0 Å². The first-order valence-corrected chi connectivity index (χ1v) is 6.20. The molecule has 0 bridgehead atoms. The summed E-state index contributed by atoms with van der Waals surface area (Å²) in [7, 11) is 1.45. The third-order valence-electron chi connectivity index (χ3n) is 2.80. The zero-order chi connectivity index (χ0) is 11.4. The fourth-order valence-corrected chi connectivity index (χ4v) is 2.68. The molecule has 0 fully saturated rings. The minimum atomic E-state index is -0.169. The van der Waals surface area contributed by atoms with Crippen LogP contribution in [-0.2, 0) is 9.53 Å². The van der Waals surface area contributed by atoms with E-state index in [4.69, 9.17) is 4.74 Å². The highest BCUT2D eigenvalue weighted by molar-refractivity contribution is 7.08. The van der Waals surface area contributed by atoms with Gasteiger partial charge in [-0.1, -0.05) is 24.3 Å². The lowest BCUT2D eigenvalue weighted by molar-refractivity contribution is -0.143. The van der Waals surface area contributed by atoms with E-state index in [0.29, 0.717) is 0 Å². The molecule has 1 aromatic rings. The molecule has 1 aliphatic carbocycles. The summed E-state index contributed by atoms with van der Waals surface area (Å²) in [4.78, 5) is 11.8. The van der Waals surface area contributed by atoms with Crippen LogP contribution in [0.25, 0.3) is 0 Å².